The summed E-state index contributed by atoms with van der Waals surface area (Å²) in [5.41, 5.74) is 0. The van der Waals surface area contributed by atoms with Gasteiger partial charge in [0, 0.05) is 26.2 Å². The second-order valence-corrected chi connectivity index (χ2v) is 4.74. The molecule has 0 aromatic heterocycles. The number of allylic oxidation sites excluding steroid dienone is 1. The molecule has 96 valence electrons. The van der Waals surface area contributed by atoms with Crippen molar-refractivity contribution in [3.8, 4) is 6.07 Å². The number of nitrogens with zero attached hydrogens (tertiary/aromatic N) is 3. The molecular formula is C13H17N3O2. The number of carbonyl (C=O) groups excluding carboxylic acids is 2. The minimum absolute atomic E-state index is 0.0364. The average molecular weight is 247 g/mol. The van der Waals surface area contributed by atoms with Crippen LogP contribution in [0, 0.1) is 17.2 Å². The third-order valence-corrected chi connectivity index (χ3v) is 3.31. The summed E-state index contributed by atoms with van der Waals surface area (Å²) in [4.78, 5) is 26.7. The lowest BCUT2D eigenvalue weighted by Crippen LogP contribution is -2.50. The van der Waals surface area contributed by atoms with Crippen molar-refractivity contribution in [1.29, 1.82) is 5.26 Å². The number of amides is 2. The van der Waals surface area contributed by atoms with Crippen molar-refractivity contribution in [3.05, 3.63) is 12.2 Å². The van der Waals surface area contributed by atoms with Gasteiger partial charge in [0.2, 0.25) is 11.8 Å². The van der Waals surface area contributed by atoms with Crippen molar-refractivity contribution < 1.29 is 9.59 Å². The fourth-order valence-corrected chi connectivity index (χ4v) is 1.97. The Morgan fingerprint density at radius 3 is 2.33 bits per heavy atom. The van der Waals surface area contributed by atoms with E-state index in [1.807, 2.05) is 12.1 Å². The van der Waals surface area contributed by atoms with Crippen molar-refractivity contribution in [2.45, 2.75) is 19.3 Å². The Morgan fingerprint density at radius 2 is 1.78 bits per heavy atom. The van der Waals surface area contributed by atoms with Gasteiger partial charge in [-0.3, -0.25) is 9.59 Å². The highest BCUT2D eigenvalue weighted by Crippen LogP contribution is 2.30. The third-order valence-electron chi connectivity index (χ3n) is 3.31. The summed E-state index contributed by atoms with van der Waals surface area (Å²) in [5, 5.41) is 8.46. The van der Waals surface area contributed by atoms with Gasteiger partial charge >= 0.3 is 0 Å². The van der Waals surface area contributed by atoms with Crippen molar-refractivity contribution in [3.63, 3.8) is 0 Å². The Bertz CT molecular complexity index is 399. The minimum Gasteiger partial charge on any atom is -0.338 e. The quantitative estimate of drug-likeness (QED) is 0.684. The molecule has 1 saturated heterocycles. The van der Waals surface area contributed by atoms with Crippen LogP contribution in [0.5, 0.6) is 0 Å². The summed E-state index contributed by atoms with van der Waals surface area (Å²) in [7, 11) is 0. The molecule has 0 aromatic rings. The van der Waals surface area contributed by atoms with Crippen LogP contribution in [0.25, 0.3) is 0 Å². The normalized spacial score (nSPS) is 19.9. The first-order valence-corrected chi connectivity index (χ1v) is 6.32. The van der Waals surface area contributed by atoms with Crippen molar-refractivity contribution in [2.75, 3.05) is 26.2 Å². The topological polar surface area (TPSA) is 64.4 Å². The molecule has 0 bridgehead atoms. The molecule has 5 heteroatoms. The monoisotopic (exact) mass is 247 g/mol. The summed E-state index contributed by atoms with van der Waals surface area (Å²) in [6, 6.07) is 1.86. The zero-order valence-corrected chi connectivity index (χ0v) is 10.3. The highest BCUT2D eigenvalue weighted by Gasteiger charge is 2.23. The van der Waals surface area contributed by atoms with E-state index in [0.717, 1.165) is 0 Å². The molecule has 1 aliphatic heterocycles. The molecule has 0 atom stereocenters. The van der Waals surface area contributed by atoms with Gasteiger partial charge in [0.15, 0.2) is 0 Å². The van der Waals surface area contributed by atoms with Crippen molar-refractivity contribution >= 4 is 11.8 Å². The number of rotatable bonds is 3. The van der Waals surface area contributed by atoms with Crippen molar-refractivity contribution in [2.24, 2.45) is 5.92 Å². The lowest BCUT2D eigenvalue weighted by molar-refractivity contribution is -0.136. The Balaban J connectivity index is 1.77. The summed E-state index contributed by atoms with van der Waals surface area (Å²) in [6.45, 7) is 2.18. The second-order valence-electron chi connectivity index (χ2n) is 4.74. The van der Waals surface area contributed by atoms with Gasteiger partial charge in [-0.15, -0.1) is 0 Å². The van der Waals surface area contributed by atoms with Gasteiger partial charge in [-0.05, 0) is 24.8 Å². The van der Waals surface area contributed by atoms with E-state index in [-0.39, 0.29) is 18.2 Å². The van der Waals surface area contributed by atoms with Crippen LogP contribution in [0.4, 0.5) is 0 Å². The van der Waals surface area contributed by atoms with Gasteiger partial charge in [0.25, 0.3) is 0 Å². The molecule has 1 aliphatic carbocycles. The molecule has 2 amide bonds. The lowest BCUT2D eigenvalue weighted by Gasteiger charge is -2.33. The lowest BCUT2D eigenvalue weighted by atomic mass is 10.2. The van der Waals surface area contributed by atoms with Crippen LogP contribution in [0.2, 0.25) is 0 Å². The maximum absolute atomic E-state index is 11.8. The van der Waals surface area contributed by atoms with Crippen LogP contribution >= 0.6 is 0 Å². The molecular weight excluding hydrogens is 230 g/mol. The van der Waals surface area contributed by atoms with E-state index < -0.39 is 0 Å². The Labute approximate surface area is 107 Å². The maximum atomic E-state index is 11.8. The molecule has 0 aromatic carbocycles. The standard InChI is InChI=1S/C13H17N3O2/c14-6-5-13(18)16-9-7-15(8-10-16)12(17)4-3-11-1-2-11/h3-4,11H,1-2,5,7-10H2/b4-3+. The third kappa shape index (κ3) is 3.33. The Morgan fingerprint density at radius 1 is 1.17 bits per heavy atom. The zero-order valence-electron chi connectivity index (χ0n) is 10.3. The smallest absolute Gasteiger partial charge is 0.246 e. The summed E-state index contributed by atoms with van der Waals surface area (Å²) in [5.74, 6) is 0.500. The predicted molar refractivity (Wildman–Crippen MR) is 65.3 cm³/mol. The summed E-state index contributed by atoms with van der Waals surface area (Å²) >= 11 is 0. The molecule has 1 heterocycles. The molecule has 2 aliphatic rings. The Kier molecular flexibility index (Phi) is 3.98. The minimum atomic E-state index is -0.141. The molecule has 1 saturated carbocycles. The molecule has 0 spiro atoms. The van der Waals surface area contributed by atoms with Crippen LogP contribution in [-0.4, -0.2) is 47.8 Å². The zero-order chi connectivity index (χ0) is 13.0. The van der Waals surface area contributed by atoms with Gasteiger partial charge in [0.1, 0.15) is 6.42 Å². The summed E-state index contributed by atoms with van der Waals surface area (Å²) in [6.07, 6.45) is 5.95. The highest BCUT2D eigenvalue weighted by atomic mass is 16.2. The number of carbonyl (C=O) groups is 2. The molecule has 5 nitrogen and oxygen atoms in total. The predicted octanol–water partition coefficient (Wildman–Crippen LogP) is 0.537. The van der Waals surface area contributed by atoms with Crippen LogP contribution in [0.1, 0.15) is 19.3 Å². The fraction of sp³-hybridized carbons (Fsp3) is 0.615. The first-order chi connectivity index (χ1) is 8.70. The van der Waals surface area contributed by atoms with Gasteiger partial charge in [-0.1, -0.05) is 6.08 Å². The number of nitriles is 1. The molecule has 0 radical (unpaired) electrons. The number of piperazine rings is 1. The van der Waals surface area contributed by atoms with E-state index in [0.29, 0.717) is 32.1 Å². The van der Waals surface area contributed by atoms with E-state index in [1.165, 1.54) is 12.8 Å². The maximum Gasteiger partial charge on any atom is 0.246 e. The van der Waals surface area contributed by atoms with Gasteiger partial charge in [0.05, 0.1) is 6.07 Å². The van der Waals surface area contributed by atoms with E-state index in [4.69, 9.17) is 5.26 Å². The van der Waals surface area contributed by atoms with E-state index >= 15 is 0 Å². The molecule has 18 heavy (non-hydrogen) atoms. The largest absolute Gasteiger partial charge is 0.338 e. The van der Waals surface area contributed by atoms with Crippen LogP contribution in [-0.2, 0) is 9.59 Å². The van der Waals surface area contributed by atoms with Gasteiger partial charge < -0.3 is 9.80 Å². The fourth-order valence-electron chi connectivity index (χ4n) is 1.97. The number of hydrogen-bond acceptors (Lipinski definition) is 3. The number of hydrogen-bond donors (Lipinski definition) is 0. The Hall–Kier alpha value is -1.83. The first-order valence-electron chi connectivity index (χ1n) is 6.32. The van der Waals surface area contributed by atoms with Crippen LogP contribution < -0.4 is 0 Å². The average Bonchev–Trinajstić information content (AvgIpc) is 3.20. The SMILES string of the molecule is N#CCC(=O)N1CCN(C(=O)/C=C/C2CC2)CC1. The van der Waals surface area contributed by atoms with Crippen LogP contribution in [0.3, 0.4) is 0 Å². The molecule has 0 unspecified atom stereocenters. The first kappa shape index (κ1) is 12.6. The molecule has 2 fully saturated rings. The van der Waals surface area contributed by atoms with Crippen molar-refractivity contribution in [1.82, 2.24) is 9.80 Å². The van der Waals surface area contributed by atoms with Gasteiger partial charge in [-0.25, -0.2) is 0 Å². The highest BCUT2D eigenvalue weighted by molar-refractivity contribution is 5.88. The second kappa shape index (κ2) is 5.67. The van der Waals surface area contributed by atoms with E-state index in [2.05, 4.69) is 0 Å². The van der Waals surface area contributed by atoms with E-state index in [9.17, 15) is 9.59 Å². The van der Waals surface area contributed by atoms with Crippen LogP contribution in [0.15, 0.2) is 12.2 Å². The summed E-state index contributed by atoms with van der Waals surface area (Å²) < 4.78 is 0. The van der Waals surface area contributed by atoms with Gasteiger partial charge in [-0.2, -0.15) is 5.26 Å². The van der Waals surface area contributed by atoms with E-state index in [1.54, 1.807) is 15.9 Å². The molecule has 0 N–H and O–H groups in total. The molecule has 2 rings (SSSR count).